The number of hydrogen-bond donors (Lipinski definition) is 4. The van der Waals surface area contributed by atoms with Gasteiger partial charge < -0.3 is 20.7 Å². The lowest BCUT2D eigenvalue weighted by molar-refractivity contribution is -0.129. The second-order valence-electron chi connectivity index (χ2n) is 10.0. The third-order valence-corrected chi connectivity index (χ3v) is 7.01. The van der Waals surface area contributed by atoms with Crippen LogP contribution in [0.1, 0.15) is 30.5 Å². The topological polar surface area (TPSA) is 143 Å². The molecule has 0 spiro atoms. The molecule has 10 nitrogen and oxygen atoms in total. The summed E-state index contributed by atoms with van der Waals surface area (Å²) < 4.78 is 49.9. The minimum Gasteiger partial charge on any atom is -0.476 e. The van der Waals surface area contributed by atoms with Crippen LogP contribution in [0, 0.1) is 26.6 Å². The molecule has 4 aromatic rings. The molecule has 0 fully saturated rings. The number of ether oxygens (including phenoxy) is 1. The highest BCUT2D eigenvalue weighted by atomic mass is 32.2. The molecule has 214 valence electrons. The Morgan fingerprint density at radius 2 is 1.63 bits per heavy atom. The monoisotopic (exact) mass is 579 g/mol. The van der Waals surface area contributed by atoms with E-state index in [2.05, 4.69) is 32.0 Å². The number of amides is 1. The van der Waals surface area contributed by atoms with Gasteiger partial charge in [0.1, 0.15) is 5.75 Å². The van der Waals surface area contributed by atoms with Crippen LogP contribution in [0.2, 0.25) is 0 Å². The molecule has 0 bridgehead atoms. The van der Waals surface area contributed by atoms with Gasteiger partial charge in [-0.1, -0.05) is 24.3 Å². The SMILES string of the molecule is Cc1cc(C)cc(Nc2ncc(F)c(Nc3ccc4c(c3)NC(=O)C(C)(C)O4)n2)c1.Cc1ccccc1S(=O)(=O)O. The minimum atomic E-state index is -4.03. The van der Waals surface area contributed by atoms with Crippen LogP contribution in [0.25, 0.3) is 0 Å². The molecule has 1 aliphatic heterocycles. The van der Waals surface area contributed by atoms with Crippen molar-refractivity contribution < 1.29 is 26.9 Å². The van der Waals surface area contributed by atoms with Gasteiger partial charge in [-0.05, 0) is 87.7 Å². The van der Waals surface area contributed by atoms with Gasteiger partial charge in [0.05, 0.1) is 16.8 Å². The molecule has 12 heteroatoms. The fourth-order valence-corrected chi connectivity index (χ4v) is 4.79. The van der Waals surface area contributed by atoms with Crippen molar-refractivity contribution >= 4 is 44.9 Å². The summed E-state index contributed by atoms with van der Waals surface area (Å²) in [4.78, 5) is 20.4. The minimum absolute atomic E-state index is 0.0141. The molecule has 1 amide bonds. The van der Waals surface area contributed by atoms with Gasteiger partial charge in [-0.3, -0.25) is 9.35 Å². The molecule has 1 aromatic heterocycles. The zero-order valence-corrected chi connectivity index (χ0v) is 23.9. The first kappa shape index (κ1) is 29.4. The van der Waals surface area contributed by atoms with Gasteiger partial charge in [0.15, 0.2) is 17.2 Å². The van der Waals surface area contributed by atoms with Gasteiger partial charge in [-0.25, -0.2) is 9.37 Å². The van der Waals surface area contributed by atoms with Crippen molar-refractivity contribution in [3.05, 3.63) is 89.4 Å². The number of hydrogen-bond acceptors (Lipinski definition) is 8. The lowest BCUT2D eigenvalue weighted by Crippen LogP contribution is -2.45. The number of nitrogens with one attached hydrogen (secondary N) is 3. The van der Waals surface area contributed by atoms with E-state index >= 15 is 0 Å². The van der Waals surface area contributed by atoms with Crippen LogP contribution in [-0.2, 0) is 14.9 Å². The number of anilines is 5. The number of aromatic nitrogens is 2. The summed E-state index contributed by atoms with van der Waals surface area (Å²) in [5, 5.41) is 8.83. The standard InChI is InChI=1S/C22H22FN5O2.C7H8O3S/c1-12-7-13(2)9-15(8-12)26-21-24-11-16(23)19(28-21)25-14-5-6-18-17(10-14)27-20(29)22(3,4)30-18;1-6-4-2-3-5-7(6)11(8,9)10/h5-11H,1-4H3,(H,27,29)(H2,24,25,26,28);2-5H,1H3,(H,8,9,10). The lowest BCUT2D eigenvalue weighted by Gasteiger charge is -2.31. The van der Waals surface area contributed by atoms with Gasteiger partial charge >= 0.3 is 0 Å². The van der Waals surface area contributed by atoms with Crippen LogP contribution in [-0.4, -0.2) is 34.4 Å². The predicted octanol–water partition coefficient (Wildman–Crippen LogP) is 6.07. The third-order valence-electron chi connectivity index (χ3n) is 6.00. The van der Waals surface area contributed by atoms with Crippen LogP contribution in [0.5, 0.6) is 5.75 Å². The number of carbonyl (C=O) groups excluding carboxylic acids is 1. The molecule has 0 saturated carbocycles. The Morgan fingerprint density at radius 1 is 0.951 bits per heavy atom. The molecule has 0 atom stereocenters. The number of rotatable bonds is 5. The highest BCUT2D eigenvalue weighted by Gasteiger charge is 2.35. The molecule has 0 radical (unpaired) electrons. The summed E-state index contributed by atoms with van der Waals surface area (Å²) in [6.45, 7) is 9.01. The van der Waals surface area contributed by atoms with E-state index in [0.717, 1.165) is 23.0 Å². The molecule has 41 heavy (non-hydrogen) atoms. The van der Waals surface area contributed by atoms with Gasteiger partial charge in [-0.15, -0.1) is 0 Å². The van der Waals surface area contributed by atoms with Gasteiger partial charge in [0.25, 0.3) is 16.0 Å². The zero-order chi connectivity index (χ0) is 29.9. The summed E-state index contributed by atoms with van der Waals surface area (Å²) in [5.74, 6) is -0.0219. The van der Waals surface area contributed by atoms with Crippen molar-refractivity contribution in [2.75, 3.05) is 16.0 Å². The Kier molecular flexibility index (Phi) is 8.27. The molecule has 0 unspecified atom stereocenters. The maximum absolute atomic E-state index is 14.3. The molecule has 4 N–H and O–H groups in total. The highest BCUT2D eigenvalue weighted by molar-refractivity contribution is 7.85. The Labute approximate surface area is 237 Å². The first-order valence-electron chi connectivity index (χ1n) is 12.5. The molecule has 0 saturated heterocycles. The second kappa shape index (κ2) is 11.5. The van der Waals surface area contributed by atoms with Crippen molar-refractivity contribution in [2.45, 2.75) is 45.1 Å². The summed E-state index contributed by atoms with van der Waals surface area (Å²) in [5.41, 5.74) is 3.67. The number of aryl methyl sites for hydroxylation is 3. The molecule has 1 aliphatic rings. The van der Waals surface area contributed by atoms with Crippen molar-refractivity contribution in [1.82, 2.24) is 9.97 Å². The summed E-state index contributed by atoms with van der Waals surface area (Å²) in [6, 6.07) is 17.4. The number of carbonyl (C=O) groups is 1. The fraction of sp³-hybridized carbons (Fsp3) is 0.207. The smallest absolute Gasteiger partial charge is 0.294 e. The number of benzene rings is 3. The molecule has 2 heterocycles. The molecule has 3 aromatic carbocycles. The van der Waals surface area contributed by atoms with E-state index < -0.39 is 21.5 Å². The zero-order valence-electron chi connectivity index (χ0n) is 23.1. The number of halogens is 1. The van der Waals surface area contributed by atoms with Gasteiger partial charge in [0, 0.05) is 11.4 Å². The second-order valence-corrected chi connectivity index (χ2v) is 11.4. The maximum Gasteiger partial charge on any atom is 0.294 e. The molecule has 5 rings (SSSR count). The van der Waals surface area contributed by atoms with Gasteiger partial charge in [-0.2, -0.15) is 13.4 Å². The number of nitrogens with zero attached hydrogens (tertiary/aromatic N) is 2. The van der Waals surface area contributed by atoms with Crippen LogP contribution in [0.4, 0.5) is 33.2 Å². The number of fused-ring (bicyclic) bond motifs is 1. The first-order valence-corrected chi connectivity index (χ1v) is 14.0. The molecular weight excluding hydrogens is 549 g/mol. The van der Waals surface area contributed by atoms with E-state index in [0.29, 0.717) is 22.7 Å². The maximum atomic E-state index is 14.3. The third kappa shape index (κ3) is 7.35. The van der Waals surface area contributed by atoms with Crippen molar-refractivity contribution in [1.29, 1.82) is 0 Å². The van der Waals surface area contributed by atoms with Crippen molar-refractivity contribution in [2.24, 2.45) is 0 Å². The van der Waals surface area contributed by atoms with Crippen LogP contribution in [0.15, 0.2) is 71.8 Å². The predicted molar refractivity (Wildman–Crippen MR) is 155 cm³/mol. The highest BCUT2D eigenvalue weighted by Crippen LogP contribution is 2.36. The quantitative estimate of drug-likeness (QED) is 0.207. The van der Waals surface area contributed by atoms with E-state index in [-0.39, 0.29) is 22.6 Å². The summed E-state index contributed by atoms with van der Waals surface area (Å²) >= 11 is 0. The van der Waals surface area contributed by atoms with Gasteiger partial charge in [0.2, 0.25) is 5.95 Å². The van der Waals surface area contributed by atoms with Crippen molar-refractivity contribution in [3.8, 4) is 5.75 Å². The normalized spacial score (nSPS) is 13.6. The Hall–Kier alpha value is -4.55. The summed E-state index contributed by atoms with van der Waals surface area (Å²) in [7, 11) is -4.03. The molecular formula is C29H30FN5O5S. The van der Waals surface area contributed by atoms with E-state index in [1.807, 2.05) is 26.0 Å². The van der Waals surface area contributed by atoms with E-state index in [1.165, 1.54) is 6.07 Å². The van der Waals surface area contributed by atoms with Crippen LogP contribution >= 0.6 is 0 Å². The average Bonchev–Trinajstić information content (AvgIpc) is 2.86. The largest absolute Gasteiger partial charge is 0.476 e. The average molecular weight is 580 g/mol. The summed E-state index contributed by atoms with van der Waals surface area (Å²) in [6.07, 6.45) is 1.10. The first-order chi connectivity index (χ1) is 19.2. The Bertz CT molecular complexity index is 1710. The van der Waals surface area contributed by atoms with E-state index in [9.17, 15) is 17.6 Å². The van der Waals surface area contributed by atoms with E-state index in [1.54, 1.807) is 57.2 Å². The molecule has 0 aliphatic carbocycles. The Morgan fingerprint density at radius 3 is 2.27 bits per heavy atom. The van der Waals surface area contributed by atoms with Crippen LogP contribution in [0.3, 0.4) is 0 Å². The fourth-order valence-electron chi connectivity index (χ4n) is 4.06. The van der Waals surface area contributed by atoms with E-state index in [4.69, 9.17) is 9.29 Å². The lowest BCUT2D eigenvalue weighted by atomic mass is 10.1. The Balaban J connectivity index is 0.000000296. The van der Waals surface area contributed by atoms with Crippen molar-refractivity contribution in [3.63, 3.8) is 0 Å². The van der Waals surface area contributed by atoms with Crippen LogP contribution < -0.4 is 20.7 Å².